The van der Waals surface area contributed by atoms with Gasteiger partial charge in [0.2, 0.25) is 6.43 Å². The van der Waals surface area contributed by atoms with Crippen LogP contribution in [0.4, 0.5) is 8.78 Å². The van der Waals surface area contributed by atoms with Crippen LogP contribution in [0.5, 0.6) is 0 Å². The van der Waals surface area contributed by atoms with Gasteiger partial charge >= 0.3 is 0 Å². The first-order chi connectivity index (χ1) is 5.12. The van der Waals surface area contributed by atoms with E-state index in [9.17, 15) is 8.78 Å². The van der Waals surface area contributed by atoms with Crippen molar-refractivity contribution in [1.82, 2.24) is 0 Å². The molecule has 0 aromatic rings. The second-order valence-corrected chi connectivity index (χ2v) is 7.45. The molecular weight excluding hydrogens is 166 g/mol. The van der Waals surface area contributed by atoms with Crippen molar-refractivity contribution in [3.63, 3.8) is 0 Å². The van der Waals surface area contributed by atoms with Crippen LogP contribution in [0.1, 0.15) is 12.8 Å². The normalized spacial score (nSPS) is 32.7. The van der Waals surface area contributed by atoms with Crippen LogP contribution in [-0.4, -0.2) is 21.3 Å². The molecule has 0 aromatic carbocycles. The summed E-state index contributed by atoms with van der Waals surface area (Å²) in [6.45, 7) is 2.62. The lowest BCUT2D eigenvalue weighted by Gasteiger charge is -2.31. The first-order valence-corrected chi connectivity index (χ1v) is 6.87. The summed E-state index contributed by atoms with van der Waals surface area (Å²) in [6, 6.07) is 0.935. The third-order valence-corrected chi connectivity index (χ3v) is 5.62. The van der Waals surface area contributed by atoms with Gasteiger partial charge in [-0.05, 0) is 19.0 Å². The maximum atomic E-state index is 12.0. The molecule has 0 aromatic heterocycles. The molecule has 11 heavy (non-hydrogen) atoms. The van der Waals surface area contributed by atoms with Crippen molar-refractivity contribution in [3.8, 4) is 0 Å². The largest absolute Gasteiger partial charge is 0.417 e. The Morgan fingerprint density at radius 3 is 2.64 bits per heavy atom. The zero-order chi connectivity index (χ0) is 8.32. The molecule has 0 bridgehead atoms. The summed E-state index contributed by atoms with van der Waals surface area (Å²) in [4.78, 5) is 0. The second-order valence-electron chi connectivity index (χ2n) is 3.35. The minimum Gasteiger partial charge on any atom is -0.417 e. The topological polar surface area (TPSA) is 9.23 Å². The molecular formula is C7H14F2OSi. The van der Waals surface area contributed by atoms with Crippen molar-refractivity contribution >= 4 is 8.32 Å². The summed E-state index contributed by atoms with van der Waals surface area (Å²) in [5.41, 5.74) is 0. The van der Waals surface area contributed by atoms with E-state index in [1.54, 1.807) is 0 Å². The molecule has 1 atom stereocenters. The Morgan fingerprint density at radius 1 is 1.45 bits per heavy atom. The molecule has 0 saturated carbocycles. The highest BCUT2D eigenvalue weighted by atomic mass is 28.4. The molecule has 1 heterocycles. The number of rotatable bonds is 2. The van der Waals surface area contributed by atoms with Gasteiger partial charge in [-0.1, -0.05) is 6.42 Å². The highest BCUT2D eigenvalue weighted by molar-refractivity contribution is 6.72. The van der Waals surface area contributed by atoms with Crippen LogP contribution in [0.3, 0.4) is 0 Å². The Morgan fingerprint density at radius 2 is 2.18 bits per heavy atom. The van der Waals surface area contributed by atoms with Gasteiger partial charge in [0.25, 0.3) is 0 Å². The van der Waals surface area contributed by atoms with Crippen LogP contribution in [0.25, 0.3) is 0 Å². The predicted octanol–water partition coefficient (Wildman–Crippen LogP) is 2.64. The molecule has 0 amide bonds. The zero-order valence-corrected chi connectivity index (χ0v) is 7.78. The molecule has 1 rings (SSSR count). The summed E-state index contributed by atoms with van der Waals surface area (Å²) >= 11 is 0. The molecule has 1 unspecified atom stereocenters. The van der Waals surface area contributed by atoms with Crippen molar-refractivity contribution in [1.29, 1.82) is 0 Å². The van der Waals surface area contributed by atoms with E-state index in [1.807, 2.05) is 6.55 Å². The summed E-state index contributed by atoms with van der Waals surface area (Å²) in [5, 5.41) is 0. The molecule has 0 radical (unpaired) electrons. The number of halogens is 2. The SMILES string of the molecule is C[Si]1(CC(F)F)CCCCO1. The van der Waals surface area contributed by atoms with E-state index >= 15 is 0 Å². The van der Waals surface area contributed by atoms with Gasteiger partial charge < -0.3 is 4.43 Å². The molecule has 1 nitrogen and oxygen atoms in total. The zero-order valence-electron chi connectivity index (χ0n) is 6.78. The summed E-state index contributed by atoms with van der Waals surface area (Å²) in [7, 11) is -1.95. The number of alkyl halides is 2. The van der Waals surface area contributed by atoms with E-state index in [4.69, 9.17) is 4.43 Å². The third kappa shape index (κ3) is 2.87. The van der Waals surface area contributed by atoms with Crippen molar-refractivity contribution in [2.45, 2.75) is 37.9 Å². The Labute approximate surface area is 66.9 Å². The van der Waals surface area contributed by atoms with E-state index in [0.717, 1.165) is 18.9 Å². The van der Waals surface area contributed by atoms with Gasteiger partial charge in [0.1, 0.15) is 0 Å². The first-order valence-electron chi connectivity index (χ1n) is 4.04. The average Bonchev–Trinajstić information content (AvgIpc) is 1.85. The van der Waals surface area contributed by atoms with Crippen LogP contribution >= 0.6 is 0 Å². The maximum absolute atomic E-state index is 12.0. The first kappa shape index (κ1) is 9.13. The lowest BCUT2D eigenvalue weighted by Crippen LogP contribution is -2.39. The van der Waals surface area contributed by atoms with Gasteiger partial charge in [0, 0.05) is 12.7 Å². The minimum absolute atomic E-state index is 0.0208. The van der Waals surface area contributed by atoms with Crippen LogP contribution < -0.4 is 0 Å². The van der Waals surface area contributed by atoms with Crippen LogP contribution in [0.15, 0.2) is 0 Å². The van der Waals surface area contributed by atoms with E-state index in [2.05, 4.69) is 0 Å². The van der Waals surface area contributed by atoms with Crippen LogP contribution in [0.2, 0.25) is 18.6 Å². The summed E-state index contributed by atoms with van der Waals surface area (Å²) < 4.78 is 29.5. The fourth-order valence-electron chi connectivity index (χ4n) is 1.48. The second kappa shape index (κ2) is 3.63. The van der Waals surface area contributed by atoms with Crippen LogP contribution in [-0.2, 0) is 4.43 Å². The molecule has 1 fully saturated rings. The molecule has 66 valence electrons. The highest BCUT2D eigenvalue weighted by Gasteiger charge is 2.34. The van der Waals surface area contributed by atoms with Crippen LogP contribution in [0, 0.1) is 0 Å². The lowest BCUT2D eigenvalue weighted by molar-refractivity contribution is 0.156. The van der Waals surface area contributed by atoms with Gasteiger partial charge in [-0.2, -0.15) is 0 Å². The maximum Gasteiger partial charge on any atom is 0.238 e. The van der Waals surface area contributed by atoms with Gasteiger partial charge in [-0.25, -0.2) is 8.78 Å². The van der Waals surface area contributed by atoms with E-state index < -0.39 is 14.7 Å². The molecule has 1 saturated heterocycles. The third-order valence-electron chi connectivity index (χ3n) is 2.14. The molecule has 4 heteroatoms. The lowest BCUT2D eigenvalue weighted by atomic mass is 10.4. The van der Waals surface area contributed by atoms with E-state index in [1.165, 1.54) is 0 Å². The highest BCUT2D eigenvalue weighted by Crippen LogP contribution is 2.27. The fourth-order valence-corrected chi connectivity index (χ4v) is 4.23. The minimum atomic E-state index is -2.18. The Hall–Kier alpha value is 0.0369. The van der Waals surface area contributed by atoms with Gasteiger partial charge in [0.15, 0.2) is 8.32 Å². The van der Waals surface area contributed by atoms with Crippen molar-refractivity contribution in [2.75, 3.05) is 6.61 Å². The number of hydrogen-bond donors (Lipinski definition) is 0. The van der Waals surface area contributed by atoms with Gasteiger partial charge in [-0.3, -0.25) is 0 Å². The molecule has 1 aliphatic rings. The standard InChI is InChI=1S/C7H14F2OSi/c1-11(6-7(8)9)5-3-2-4-10-11/h7H,2-6H2,1H3. The molecule has 0 spiro atoms. The summed E-state index contributed by atoms with van der Waals surface area (Å²) in [5.74, 6) is 0. The summed E-state index contributed by atoms with van der Waals surface area (Å²) in [6.07, 6.45) is -0.0499. The van der Waals surface area contributed by atoms with E-state index in [-0.39, 0.29) is 6.04 Å². The monoisotopic (exact) mass is 180 g/mol. The van der Waals surface area contributed by atoms with Crippen molar-refractivity contribution in [2.24, 2.45) is 0 Å². The predicted molar refractivity (Wildman–Crippen MR) is 42.4 cm³/mol. The molecule has 0 aliphatic carbocycles. The molecule has 1 aliphatic heterocycles. The van der Waals surface area contributed by atoms with Crippen molar-refractivity contribution in [3.05, 3.63) is 0 Å². The Balaban J connectivity index is 2.37. The van der Waals surface area contributed by atoms with Crippen molar-refractivity contribution < 1.29 is 13.2 Å². The molecule has 0 N–H and O–H groups in total. The Kier molecular flexibility index (Phi) is 3.01. The van der Waals surface area contributed by atoms with Gasteiger partial charge in [-0.15, -0.1) is 0 Å². The smallest absolute Gasteiger partial charge is 0.238 e. The Bertz CT molecular complexity index is 124. The average molecular weight is 180 g/mol. The van der Waals surface area contributed by atoms with Gasteiger partial charge in [0.05, 0.1) is 0 Å². The fraction of sp³-hybridized carbons (Fsp3) is 1.00. The van der Waals surface area contributed by atoms with E-state index in [0.29, 0.717) is 6.61 Å². The quantitative estimate of drug-likeness (QED) is 0.594. The number of hydrogen-bond acceptors (Lipinski definition) is 1.